The summed E-state index contributed by atoms with van der Waals surface area (Å²) in [4.78, 5) is 40.7. The summed E-state index contributed by atoms with van der Waals surface area (Å²) in [6.07, 6.45) is 2.11. The lowest BCUT2D eigenvalue weighted by molar-refractivity contribution is 0.00682. The average molecular weight is 598 g/mol. The number of hydrogen-bond donors (Lipinski definition) is 3. The molecule has 1 amide bonds. The molecule has 0 unspecified atom stereocenters. The van der Waals surface area contributed by atoms with E-state index in [-0.39, 0.29) is 23.9 Å². The van der Waals surface area contributed by atoms with Crippen molar-refractivity contribution in [3.63, 3.8) is 0 Å². The Morgan fingerprint density at radius 1 is 1.12 bits per heavy atom. The van der Waals surface area contributed by atoms with Crippen LogP contribution in [-0.2, 0) is 17.7 Å². The Bertz CT molecular complexity index is 1710. The van der Waals surface area contributed by atoms with Crippen molar-refractivity contribution in [1.82, 2.24) is 19.9 Å². The number of nitrogens with two attached hydrogens (primary N) is 1. The van der Waals surface area contributed by atoms with Crippen molar-refractivity contribution in [1.29, 1.82) is 0 Å². The van der Waals surface area contributed by atoms with Gasteiger partial charge in [-0.25, -0.2) is 32.3 Å². The molecule has 1 atom stereocenters. The highest BCUT2D eigenvalue weighted by molar-refractivity contribution is 5.96. The third kappa shape index (κ3) is 7.00. The number of carboxylic acid groups (broad SMARTS) is 1. The van der Waals surface area contributed by atoms with Crippen LogP contribution in [-0.4, -0.2) is 43.2 Å². The second-order valence-corrected chi connectivity index (χ2v) is 10.9. The quantitative estimate of drug-likeness (QED) is 0.281. The number of carbonyl (C=O) groups is 3. The molecule has 0 aliphatic heterocycles. The molecule has 10 nitrogen and oxygen atoms in total. The molecule has 2 heterocycles. The van der Waals surface area contributed by atoms with E-state index in [4.69, 9.17) is 10.5 Å². The van der Waals surface area contributed by atoms with Gasteiger partial charge in [-0.05, 0) is 81.0 Å². The lowest BCUT2D eigenvalue weighted by Crippen LogP contribution is -2.29. The Balaban J connectivity index is 0.000000359. The number of nitrogens with zero attached hydrogens (tertiary/aromatic N) is 3. The van der Waals surface area contributed by atoms with Crippen molar-refractivity contribution >= 4 is 23.5 Å². The molecule has 226 valence electrons. The minimum atomic E-state index is -1.39. The number of carbonyl (C=O) groups excluding carboxylic acids is 2. The van der Waals surface area contributed by atoms with Crippen LogP contribution in [0.3, 0.4) is 0 Å². The molecule has 0 bridgehead atoms. The van der Waals surface area contributed by atoms with Crippen LogP contribution in [0.15, 0.2) is 42.6 Å². The molecule has 1 aliphatic carbocycles. The van der Waals surface area contributed by atoms with Gasteiger partial charge >= 0.3 is 11.9 Å². The largest absolute Gasteiger partial charge is 0.477 e. The number of rotatable bonds is 5. The van der Waals surface area contributed by atoms with E-state index in [1.807, 2.05) is 6.92 Å². The minimum Gasteiger partial charge on any atom is -0.477 e. The summed E-state index contributed by atoms with van der Waals surface area (Å²) in [5.74, 6) is -4.40. The number of hydrogen-bond acceptors (Lipinski definition) is 7. The number of fused-ring (bicyclic) bond motifs is 2. The topological polar surface area (TPSA) is 149 Å². The Labute approximate surface area is 244 Å². The highest BCUT2D eigenvalue weighted by Crippen LogP contribution is 2.35. The van der Waals surface area contributed by atoms with Crippen molar-refractivity contribution in [2.24, 2.45) is 5.73 Å². The van der Waals surface area contributed by atoms with Crippen molar-refractivity contribution in [3.8, 4) is 0 Å². The second kappa shape index (κ2) is 12.2. The first kappa shape index (κ1) is 31.2. The number of benzene rings is 2. The van der Waals surface area contributed by atoms with Crippen molar-refractivity contribution in [2.45, 2.75) is 58.7 Å². The van der Waals surface area contributed by atoms with Gasteiger partial charge in [0.1, 0.15) is 22.9 Å². The molecule has 4 aromatic rings. The summed E-state index contributed by atoms with van der Waals surface area (Å²) in [7, 11) is 0. The molecular weight excluding hydrogens is 567 g/mol. The zero-order chi connectivity index (χ0) is 31.6. The Morgan fingerprint density at radius 2 is 1.79 bits per heavy atom. The van der Waals surface area contributed by atoms with Gasteiger partial charge in [-0.15, -0.1) is 0 Å². The molecule has 4 N–H and O–H groups in total. The highest BCUT2D eigenvalue weighted by Gasteiger charge is 2.30. The molecule has 13 heteroatoms. The first-order chi connectivity index (χ1) is 20.2. The summed E-state index contributed by atoms with van der Waals surface area (Å²) in [5, 5.41) is 16.0. The monoisotopic (exact) mass is 597 g/mol. The van der Waals surface area contributed by atoms with E-state index >= 15 is 0 Å². The molecule has 2 aromatic heterocycles. The SMILES string of the molecule is Cc1c(C(=O)OC(C)(C)C)ccc2c1CC[C@@H]2NC(=O)c1cc(C(=O)O)nc2c(F)cnn12.NCc1cc(F)cc(F)c1. The molecular formula is C30H30F3N5O5. The predicted molar refractivity (Wildman–Crippen MR) is 149 cm³/mol. The molecule has 0 spiro atoms. The summed E-state index contributed by atoms with van der Waals surface area (Å²) < 4.78 is 45.1. The van der Waals surface area contributed by atoms with E-state index in [0.29, 0.717) is 24.0 Å². The van der Waals surface area contributed by atoms with Crippen LogP contribution in [0, 0.1) is 24.4 Å². The van der Waals surface area contributed by atoms with Gasteiger partial charge in [0.25, 0.3) is 5.91 Å². The number of ether oxygens (including phenoxy) is 1. The maximum atomic E-state index is 14.0. The summed E-state index contributed by atoms with van der Waals surface area (Å²) in [5.41, 5.74) is 7.16. The Morgan fingerprint density at radius 3 is 2.40 bits per heavy atom. The lowest BCUT2D eigenvalue weighted by atomic mass is 9.97. The van der Waals surface area contributed by atoms with Crippen molar-refractivity contribution in [2.75, 3.05) is 0 Å². The van der Waals surface area contributed by atoms with Gasteiger partial charge in [-0.2, -0.15) is 5.10 Å². The summed E-state index contributed by atoms with van der Waals surface area (Å²) in [6.45, 7) is 7.42. The Hall–Kier alpha value is -4.78. The first-order valence-corrected chi connectivity index (χ1v) is 13.3. The van der Waals surface area contributed by atoms with Gasteiger partial charge < -0.3 is 20.9 Å². The van der Waals surface area contributed by atoms with Crippen molar-refractivity contribution < 1.29 is 37.4 Å². The van der Waals surface area contributed by atoms with Crippen LogP contribution in [0.4, 0.5) is 13.2 Å². The number of amides is 1. The Kier molecular flexibility index (Phi) is 8.85. The van der Waals surface area contributed by atoms with Crippen LogP contribution in [0.5, 0.6) is 0 Å². The van der Waals surface area contributed by atoms with Crippen molar-refractivity contribution in [3.05, 3.63) is 99.3 Å². The molecule has 0 saturated carbocycles. The molecule has 0 fully saturated rings. The van der Waals surface area contributed by atoms with Crippen LogP contribution >= 0.6 is 0 Å². The van der Waals surface area contributed by atoms with E-state index in [9.17, 15) is 32.7 Å². The molecule has 2 aromatic carbocycles. The maximum absolute atomic E-state index is 14.0. The first-order valence-electron chi connectivity index (χ1n) is 13.3. The third-order valence-corrected chi connectivity index (χ3v) is 6.66. The third-order valence-electron chi connectivity index (χ3n) is 6.66. The zero-order valence-corrected chi connectivity index (χ0v) is 23.9. The predicted octanol–water partition coefficient (Wildman–Crippen LogP) is 4.67. The molecule has 0 radical (unpaired) electrons. The van der Waals surface area contributed by atoms with E-state index in [2.05, 4.69) is 15.4 Å². The highest BCUT2D eigenvalue weighted by atomic mass is 19.1. The smallest absolute Gasteiger partial charge is 0.354 e. The van der Waals surface area contributed by atoms with E-state index in [0.717, 1.165) is 39.5 Å². The summed E-state index contributed by atoms with van der Waals surface area (Å²) >= 11 is 0. The summed E-state index contributed by atoms with van der Waals surface area (Å²) in [6, 6.07) is 7.41. The zero-order valence-electron chi connectivity index (χ0n) is 23.9. The van der Waals surface area contributed by atoms with Gasteiger partial charge in [0.2, 0.25) is 0 Å². The van der Waals surface area contributed by atoms with E-state index < -0.39 is 46.6 Å². The van der Waals surface area contributed by atoms with E-state index in [1.165, 1.54) is 12.1 Å². The normalized spacial score (nSPS) is 14.1. The molecule has 1 aliphatic rings. The standard InChI is InChI=1S/C23H23FN4O5.C7H7F2N/c1-11-12-7-8-16(14(12)6-5-13(11)22(32)33-23(2,3)4)27-20(29)18-9-17(21(30)31)26-19-15(24)10-25-28(18)19;8-6-1-5(4-10)2-7(9)3-6/h5-6,9-10,16H,7-8H2,1-4H3,(H,27,29)(H,30,31);1-3H,4,10H2/t16-;/m0./s1. The van der Waals surface area contributed by atoms with Gasteiger partial charge in [0.05, 0.1) is 17.8 Å². The number of aromatic carboxylic acids is 1. The number of nitrogens with one attached hydrogen (secondary N) is 1. The molecule has 0 saturated heterocycles. The fourth-order valence-corrected chi connectivity index (χ4v) is 4.75. The maximum Gasteiger partial charge on any atom is 0.354 e. The average Bonchev–Trinajstić information content (AvgIpc) is 3.50. The lowest BCUT2D eigenvalue weighted by Gasteiger charge is -2.21. The van der Waals surface area contributed by atoms with E-state index in [1.54, 1.807) is 32.9 Å². The van der Waals surface area contributed by atoms with Crippen LogP contribution in [0.2, 0.25) is 0 Å². The fourth-order valence-electron chi connectivity index (χ4n) is 4.75. The van der Waals surface area contributed by atoms with Crippen LogP contribution in [0.1, 0.15) is 86.8 Å². The van der Waals surface area contributed by atoms with Gasteiger partial charge in [-0.1, -0.05) is 6.07 Å². The number of halogens is 3. The minimum absolute atomic E-state index is 0.142. The fraction of sp³-hybridized carbons (Fsp3) is 0.300. The number of carboxylic acids is 1. The van der Waals surface area contributed by atoms with Crippen LogP contribution in [0.25, 0.3) is 5.65 Å². The molecule has 43 heavy (non-hydrogen) atoms. The second-order valence-electron chi connectivity index (χ2n) is 10.9. The molecule has 5 rings (SSSR count). The van der Waals surface area contributed by atoms with Gasteiger partial charge in [0.15, 0.2) is 17.2 Å². The number of aromatic nitrogens is 3. The number of esters is 1. The van der Waals surface area contributed by atoms with Gasteiger partial charge in [-0.3, -0.25) is 4.79 Å². The van der Waals surface area contributed by atoms with Gasteiger partial charge in [0, 0.05) is 18.7 Å². The van der Waals surface area contributed by atoms with Crippen LogP contribution < -0.4 is 11.1 Å².